The minimum Gasteiger partial charge on any atom is -0.394 e. The van der Waals surface area contributed by atoms with Gasteiger partial charge in [0.25, 0.3) is 0 Å². The summed E-state index contributed by atoms with van der Waals surface area (Å²) in [6, 6.07) is 1.07. The third kappa shape index (κ3) is 3.92. The van der Waals surface area contributed by atoms with E-state index in [0.717, 1.165) is 26.0 Å². The molecule has 1 rings (SSSR count). The lowest BCUT2D eigenvalue weighted by molar-refractivity contribution is 0.0339. The highest BCUT2D eigenvalue weighted by Gasteiger charge is 2.37. The topological polar surface area (TPSA) is 44.7 Å². The highest BCUT2D eigenvalue weighted by Crippen LogP contribution is 2.31. The fourth-order valence-corrected chi connectivity index (χ4v) is 3.12. The van der Waals surface area contributed by atoms with Crippen molar-refractivity contribution in [1.29, 1.82) is 0 Å². The van der Waals surface area contributed by atoms with Crippen LogP contribution in [0.5, 0.6) is 0 Å². The van der Waals surface area contributed by atoms with E-state index < -0.39 is 0 Å². The van der Waals surface area contributed by atoms with Crippen LogP contribution >= 0.6 is 0 Å². The van der Waals surface area contributed by atoms with E-state index in [1.807, 2.05) is 7.05 Å². The molecule has 1 fully saturated rings. The molecule has 1 aliphatic rings. The average molecular weight is 258 g/mol. The first kappa shape index (κ1) is 15.9. The van der Waals surface area contributed by atoms with Gasteiger partial charge in [0.1, 0.15) is 0 Å². The Morgan fingerprint density at radius 1 is 1.50 bits per heavy atom. The lowest BCUT2D eigenvalue weighted by Gasteiger charge is -2.45. The molecular weight excluding hydrogens is 228 g/mol. The zero-order valence-corrected chi connectivity index (χ0v) is 12.4. The third-order valence-electron chi connectivity index (χ3n) is 4.34. The number of rotatable bonds is 7. The largest absolute Gasteiger partial charge is 0.394 e. The van der Waals surface area contributed by atoms with E-state index in [4.69, 9.17) is 4.74 Å². The molecule has 18 heavy (non-hydrogen) atoms. The first-order chi connectivity index (χ1) is 8.58. The SMILES string of the molecule is CNC1(CO)CCCC(N(CCOC)C(C)C)C1. The van der Waals surface area contributed by atoms with Gasteiger partial charge in [-0.1, -0.05) is 0 Å². The van der Waals surface area contributed by atoms with Crippen LogP contribution in [0.3, 0.4) is 0 Å². The number of hydrogen-bond acceptors (Lipinski definition) is 4. The molecule has 4 nitrogen and oxygen atoms in total. The molecule has 0 bridgehead atoms. The van der Waals surface area contributed by atoms with E-state index in [2.05, 4.69) is 24.1 Å². The van der Waals surface area contributed by atoms with Crippen molar-refractivity contribution in [2.45, 2.75) is 57.2 Å². The van der Waals surface area contributed by atoms with Crippen LogP contribution in [0.1, 0.15) is 39.5 Å². The number of likely N-dealkylation sites (N-methyl/N-ethyl adjacent to an activating group) is 1. The fraction of sp³-hybridized carbons (Fsp3) is 1.00. The lowest BCUT2D eigenvalue weighted by Crippen LogP contribution is -2.56. The number of aliphatic hydroxyl groups excluding tert-OH is 1. The highest BCUT2D eigenvalue weighted by molar-refractivity contribution is 4.96. The molecule has 1 saturated carbocycles. The second-order valence-corrected chi connectivity index (χ2v) is 5.76. The number of aliphatic hydroxyl groups is 1. The highest BCUT2D eigenvalue weighted by atomic mass is 16.5. The van der Waals surface area contributed by atoms with Crippen molar-refractivity contribution in [1.82, 2.24) is 10.2 Å². The molecule has 0 heterocycles. The molecule has 108 valence electrons. The molecule has 2 atom stereocenters. The summed E-state index contributed by atoms with van der Waals surface area (Å²) in [6.07, 6.45) is 4.52. The van der Waals surface area contributed by atoms with Crippen LogP contribution < -0.4 is 5.32 Å². The summed E-state index contributed by atoms with van der Waals surface area (Å²) in [4.78, 5) is 2.52. The standard InChI is InChI=1S/C14H30N2O2/c1-12(2)16(8-9-18-4)13-6-5-7-14(10-13,11-17)15-3/h12-13,15,17H,5-11H2,1-4H3. The van der Waals surface area contributed by atoms with E-state index in [1.54, 1.807) is 7.11 Å². The zero-order valence-electron chi connectivity index (χ0n) is 12.4. The van der Waals surface area contributed by atoms with Gasteiger partial charge in [-0.15, -0.1) is 0 Å². The summed E-state index contributed by atoms with van der Waals surface area (Å²) >= 11 is 0. The van der Waals surface area contributed by atoms with Crippen LogP contribution in [0.25, 0.3) is 0 Å². The lowest BCUT2D eigenvalue weighted by atomic mass is 9.78. The summed E-state index contributed by atoms with van der Waals surface area (Å²) in [5.74, 6) is 0. The van der Waals surface area contributed by atoms with Gasteiger partial charge < -0.3 is 15.2 Å². The Bertz CT molecular complexity index is 230. The van der Waals surface area contributed by atoms with Crippen LogP contribution in [0, 0.1) is 0 Å². The fourth-order valence-electron chi connectivity index (χ4n) is 3.12. The van der Waals surface area contributed by atoms with Gasteiger partial charge in [0.2, 0.25) is 0 Å². The molecule has 1 aliphatic carbocycles. The summed E-state index contributed by atoms with van der Waals surface area (Å²) < 4.78 is 5.21. The van der Waals surface area contributed by atoms with Crippen molar-refractivity contribution in [2.24, 2.45) is 0 Å². The van der Waals surface area contributed by atoms with E-state index in [0.29, 0.717) is 12.1 Å². The van der Waals surface area contributed by atoms with Gasteiger partial charge in [0.05, 0.1) is 13.2 Å². The minimum absolute atomic E-state index is 0.0802. The van der Waals surface area contributed by atoms with Crippen molar-refractivity contribution >= 4 is 0 Å². The van der Waals surface area contributed by atoms with Crippen LogP contribution in [-0.4, -0.2) is 61.5 Å². The van der Waals surface area contributed by atoms with Crippen LogP contribution in [-0.2, 0) is 4.74 Å². The Labute approximate surface area is 112 Å². The van der Waals surface area contributed by atoms with Crippen molar-refractivity contribution in [3.63, 3.8) is 0 Å². The van der Waals surface area contributed by atoms with Crippen molar-refractivity contribution in [3.05, 3.63) is 0 Å². The number of ether oxygens (including phenoxy) is 1. The average Bonchev–Trinajstić information content (AvgIpc) is 2.39. The van der Waals surface area contributed by atoms with Crippen LogP contribution in [0.4, 0.5) is 0 Å². The first-order valence-corrected chi connectivity index (χ1v) is 7.13. The number of nitrogens with one attached hydrogen (secondary N) is 1. The maximum Gasteiger partial charge on any atom is 0.0613 e. The molecule has 0 aromatic heterocycles. The summed E-state index contributed by atoms with van der Waals surface area (Å²) in [5, 5.41) is 13.0. The molecule has 0 spiro atoms. The van der Waals surface area contributed by atoms with Gasteiger partial charge >= 0.3 is 0 Å². The van der Waals surface area contributed by atoms with Crippen molar-refractivity contribution < 1.29 is 9.84 Å². The first-order valence-electron chi connectivity index (χ1n) is 7.13. The molecule has 0 radical (unpaired) electrons. The molecular formula is C14H30N2O2. The molecule has 0 aromatic rings. The van der Waals surface area contributed by atoms with Gasteiger partial charge in [-0.05, 0) is 46.6 Å². The molecule has 0 aromatic carbocycles. The monoisotopic (exact) mass is 258 g/mol. The Balaban J connectivity index is 2.67. The molecule has 2 N–H and O–H groups in total. The Kier molecular flexibility index (Phi) is 6.57. The van der Waals surface area contributed by atoms with E-state index in [-0.39, 0.29) is 12.1 Å². The van der Waals surface area contributed by atoms with Crippen molar-refractivity contribution in [2.75, 3.05) is 33.9 Å². The molecule has 0 aliphatic heterocycles. The Morgan fingerprint density at radius 3 is 2.72 bits per heavy atom. The third-order valence-corrected chi connectivity index (χ3v) is 4.34. The summed E-state index contributed by atoms with van der Waals surface area (Å²) in [7, 11) is 3.72. The quantitative estimate of drug-likeness (QED) is 0.721. The van der Waals surface area contributed by atoms with Crippen molar-refractivity contribution in [3.8, 4) is 0 Å². The predicted molar refractivity (Wildman–Crippen MR) is 74.9 cm³/mol. The maximum absolute atomic E-state index is 9.65. The Hall–Kier alpha value is -0.160. The molecule has 4 heteroatoms. The zero-order chi connectivity index (χ0) is 13.6. The van der Waals surface area contributed by atoms with E-state index in [9.17, 15) is 5.11 Å². The van der Waals surface area contributed by atoms with Crippen LogP contribution in [0.15, 0.2) is 0 Å². The number of hydrogen-bond donors (Lipinski definition) is 2. The summed E-state index contributed by atoms with van der Waals surface area (Å²) in [6.45, 7) is 6.47. The smallest absolute Gasteiger partial charge is 0.0613 e. The number of nitrogens with zero attached hydrogens (tertiary/aromatic N) is 1. The predicted octanol–water partition coefficient (Wildman–Crippen LogP) is 1.24. The van der Waals surface area contributed by atoms with E-state index in [1.165, 1.54) is 12.8 Å². The summed E-state index contributed by atoms with van der Waals surface area (Å²) in [5.41, 5.74) is -0.0802. The second-order valence-electron chi connectivity index (χ2n) is 5.76. The van der Waals surface area contributed by atoms with Gasteiger partial charge in [-0.3, -0.25) is 4.90 Å². The number of methoxy groups -OCH3 is 1. The van der Waals surface area contributed by atoms with Gasteiger partial charge in [0, 0.05) is 31.3 Å². The molecule has 0 saturated heterocycles. The second kappa shape index (κ2) is 7.43. The molecule has 2 unspecified atom stereocenters. The van der Waals surface area contributed by atoms with Gasteiger partial charge in [-0.2, -0.15) is 0 Å². The van der Waals surface area contributed by atoms with Gasteiger partial charge in [0.15, 0.2) is 0 Å². The minimum atomic E-state index is -0.0802. The normalized spacial score (nSPS) is 29.2. The van der Waals surface area contributed by atoms with Gasteiger partial charge in [-0.25, -0.2) is 0 Å². The van der Waals surface area contributed by atoms with E-state index >= 15 is 0 Å². The van der Waals surface area contributed by atoms with Crippen LogP contribution in [0.2, 0.25) is 0 Å². The maximum atomic E-state index is 9.65. The molecule has 0 amide bonds. The Morgan fingerprint density at radius 2 is 2.22 bits per heavy atom.